The van der Waals surface area contributed by atoms with Crippen molar-refractivity contribution in [3.63, 3.8) is 0 Å². The van der Waals surface area contributed by atoms with Crippen molar-refractivity contribution in [2.24, 2.45) is 0 Å². The Kier molecular flexibility index (Phi) is 5.77. The molecule has 0 atom stereocenters. The Morgan fingerprint density at radius 2 is 1.48 bits per heavy atom. The van der Waals surface area contributed by atoms with Crippen LogP contribution in [0.4, 0.5) is 0 Å². The van der Waals surface area contributed by atoms with Gasteiger partial charge in [-0.05, 0) is 42.2 Å². The van der Waals surface area contributed by atoms with E-state index in [0.29, 0.717) is 18.7 Å². The molecule has 0 bridgehead atoms. The summed E-state index contributed by atoms with van der Waals surface area (Å²) in [6, 6.07) is 21.4. The molecular weight excluding hydrogens is 386 g/mol. The van der Waals surface area contributed by atoms with Gasteiger partial charge < -0.3 is 4.90 Å². The SMILES string of the molecule is CC(C)(C)c1ccc(=O)n(C2CCN(C(=O)c3ccc(-c4ccccc4)cc3)CC2)n1. The Balaban J connectivity index is 1.43. The van der Waals surface area contributed by atoms with E-state index in [2.05, 4.69) is 38.0 Å². The number of piperidine rings is 1. The van der Waals surface area contributed by atoms with Gasteiger partial charge >= 0.3 is 0 Å². The minimum atomic E-state index is -0.113. The van der Waals surface area contributed by atoms with Crippen LogP contribution in [0.2, 0.25) is 0 Å². The predicted molar refractivity (Wildman–Crippen MR) is 123 cm³/mol. The molecule has 31 heavy (non-hydrogen) atoms. The lowest BCUT2D eigenvalue weighted by molar-refractivity contribution is 0.0687. The molecule has 0 aliphatic carbocycles. The van der Waals surface area contributed by atoms with Crippen molar-refractivity contribution >= 4 is 5.91 Å². The summed E-state index contributed by atoms with van der Waals surface area (Å²) < 4.78 is 1.62. The minimum Gasteiger partial charge on any atom is -0.338 e. The molecule has 1 fully saturated rings. The molecule has 2 heterocycles. The highest BCUT2D eigenvalue weighted by atomic mass is 16.2. The van der Waals surface area contributed by atoms with Crippen LogP contribution in [0.15, 0.2) is 71.5 Å². The van der Waals surface area contributed by atoms with E-state index in [-0.39, 0.29) is 22.9 Å². The van der Waals surface area contributed by atoms with Gasteiger partial charge in [0.05, 0.1) is 11.7 Å². The second-order valence-electron chi connectivity index (χ2n) is 9.22. The lowest BCUT2D eigenvalue weighted by Crippen LogP contribution is -2.41. The summed E-state index contributed by atoms with van der Waals surface area (Å²) in [6.07, 6.45) is 1.46. The van der Waals surface area contributed by atoms with E-state index in [4.69, 9.17) is 0 Å². The Morgan fingerprint density at radius 1 is 0.871 bits per heavy atom. The zero-order chi connectivity index (χ0) is 22.0. The lowest BCUT2D eigenvalue weighted by atomic mass is 9.92. The van der Waals surface area contributed by atoms with Crippen LogP contribution in [0.25, 0.3) is 11.1 Å². The number of carbonyl (C=O) groups is 1. The number of hydrogen-bond donors (Lipinski definition) is 0. The van der Waals surface area contributed by atoms with Crippen LogP contribution in [-0.2, 0) is 5.41 Å². The molecule has 1 amide bonds. The first-order valence-electron chi connectivity index (χ1n) is 10.9. The van der Waals surface area contributed by atoms with Gasteiger partial charge in [-0.25, -0.2) is 4.68 Å². The number of likely N-dealkylation sites (tertiary alicyclic amines) is 1. The first kappa shape index (κ1) is 21.0. The third-order valence-electron chi connectivity index (χ3n) is 5.93. The third kappa shape index (κ3) is 4.61. The molecule has 3 aromatic rings. The van der Waals surface area contributed by atoms with Gasteiger partial charge in [-0.3, -0.25) is 9.59 Å². The number of aromatic nitrogens is 2. The van der Waals surface area contributed by atoms with Crippen LogP contribution in [0.3, 0.4) is 0 Å². The number of carbonyl (C=O) groups excluding carboxylic acids is 1. The fraction of sp³-hybridized carbons (Fsp3) is 0.346. The molecule has 0 saturated carbocycles. The summed E-state index contributed by atoms with van der Waals surface area (Å²) in [5.74, 6) is 0.0433. The van der Waals surface area contributed by atoms with Gasteiger partial charge in [-0.2, -0.15) is 5.10 Å². The van der Waals surface area contributed by atoms with Crippen molar-refractivity contribution in [3.05, 3.63) is 88.3 Å². The van der Waals surface area contributed by atoms with Gasteiger partial charge in [-0.15, -0.1) is 0 Å². The molecule has 0 N–H and O–H groups in total. The lowest BCUT2D eigenvalue weighted by Gasteiger charge is -2.33. The topological polar surface area (TPSA) is 55.2 Å². The molecule has 1 aliphatic rings. The maximum absolute atomic E-state index is 13.0. The maximum atomic E-state index is 13.0. The number of amides is 1. The number of benzene rings is 2. The zero-order valence-corrected chi connectivity index (χ0v) is 18.4. The largest absolute Gasteiger partial charge is 0.338 e. The smallest absolute Gasteiger partial charge is 0.267 e. The average molecular weight is 416 g/mol. The van der Waals surface area contributed by atoms with Gasteiger partial charge in [-0.1, -0.05) is 63.2 Å². The average Bonchev–Trinajstić information content (AvgIpc) is 2.79. The predicted octanol–water partition coefficient (Wildman–Crippen LogP) is 4.69. The van der Waals surface area contributed by atoms with Gasteiger partial charge in [0.2, 0.25) is 0 Å². The first-order valence-corrected chi connectivity index (χ1v) is 10.9. The second kappa shape index (κ2) is 8.50. The van der Waals surface area contributed by atoms with Gasteiger partial charge in [0, 0.05) is 30.1 Å². The fourth-order valence-corrected chi connectivity index (χ4v) is 4.02. The van der Waals surface area contributed by atoms with Crippen LogP contribution in [0.5, 0.6) is 0 Å². The standard InChI is InChI=1S/C26H29N3O2/c1-26(2,3)23-13-14-24(30)29(27-23)22-15-17-28(18-16-22)25(31)21-11-9-20(10-12-21)19-7-5-4-6-8-19/h4-14,22H,15-18H2,1-3H3. The molecule has 1 aliphatic heterocycles. The highest BCUT2D eigenvalue weighted by molar-refractivity contribution is 5.94. The minimum absolute atomic E-state index is 0.0271. The van der Waals surface area contributed by atoms with Crippen LogP contribution in [0.1, 0.15) is 55.7 Å². The molecule has 1 aromatic heterocycles. The van der Waals surface area contributed by atoms with Crippen molar-refractivity contribution in [2.75, 3.05) is 13.1 Å². The molecule has 1 saturated heterocycles. The zero-order valence-electron chi connectivity index (χ0n) is 18.4. The van der Waals surface area contributed by atoms with Crippen molar-refractivity contribution < 1.29 is 4.79 Å². The summed E-state index contributed by atoms with van der Waals surface area (Å²) >= 11 is 0. The van der Waals surface area contributed by atoms with Crippen molar-refractivity contribution in [3.8, 4) is 11.1 Å². The monoisotopic (exact) mass is 415 g/mol. The number of nitrogens with zero attached hydrogens (tertiary/aromatic N) is 3. The molecule has 160 valence electrons. The number of rotatable bonds is 3. The fourth-order valence-electron chi connectivity index (χ4n) is 4.02. The summed E-state index contributed by atoms with van der Waals surface area (Å²) in [6.45, 7) is 7.52. The van der Waals surface area contributed by atoms with Crippen molar-refractivity contribution in [1.82, 2.24) is 14.7 Å². The van der Waals surface area contributed by atoms with Crippen molar-refractivity contribution in [2.45, 2.75) is 45.1 Å². The third-order valence-corrected chi connectivity index (χ3v) is 5.93. The van der Waals surface area contributed by atoms with E-state index in [0.717, 1.165) is 29.7 Å². The summed E-state index contributed by atoms with van der Waals surface area (Å²) in [5, 5.41) is 4.63. The molecule has 5 heteroatoms. The van der Waals surface area contributed by atoms with E-state index in [1.807, 2.05) is 53.4 Å². The highest BCUT2D eigenvalue weighted by Crippen LogP contribution is 2.25. The Hall–Kier alpha value is -3.21. The first-order chi connectivity index (χ1) is 14.8. The van der Waals surface area contributed by atoms with E-state index < -0.39 is 0 Å². The molecule has 0 unspecified atom stereocenters. The molecule has 4 rings (SSSR count). The van der Waals surface area contributed by atoms with Gasteiger partial charge in [0.15, 0.2) is 0 Å². The molecule has 0 radical (unpaired) electrons. The molecule has 5 nitrogen and oxygen atoms in total. The van der Waals surface area contributed by atoms with Crippen LogP contribution < -0.4 is 5.56 Å². The second-order valence-corrected chi connectivity index (χ2v) is 9.22. The van der Waals surface area contributed by atoms with E-state index in [9.17, 15) is 9.59 Å². The Bertz CT molecular complexity index is 1100. The van der Waals surface area contributed by atoms with Crippen LogP contribution in [0, 0.1) is 0 Å². The van der Waals surface area contributed by atoms with Crippen LogP contribution in [-0.4, -0.2) is 33.7 Å². The van der Waals surface area contributed by atoms with Gasteiger partial charge in [0.1, 0.15) is 0 Å². The summed E-state index contributed by atoms with van der Waals surface area (Å²) in [5.41, 5.74) is 3.65. The molecular formula is C26H29N3O2. The number of hydrogen-bond acceptors (Lipinski definition) is 3. The highest BCUT2D eigenvalue weighted by Gasteiger charge is 2.27. The maximum Gasteiger partial charge on any atom is 0.267 e. The Morgan fingerprint density at radius 3 is 2.10 bits per heavy atom. The summed E-state index contributed by atoms with van der Waals surface area (Å²) in [7, 11) is 0. The molecule has 2 aromatic carbocycles. The molecule has 0 spiro atoms. The van der Waals surface area contributed by atoms with Crippen LogP contribution >= 0.6 is 0 Å². The van der Waals surface area contributed by atoms with E-state index in [1.165, 1.54) is 0 Å². The van der Waals surface area contributed by atoms with Gasteiger partial charge in [0.25, 0.3) is 11.5 Å². The van der Waals surface area contributed by atoms with E-state index in [1.54, 1.807) is 10.7 Å². The van der Waals surface area contributed by atoms with E-state index >= 15 is 0 Å². The normalized spacial score (nSPS) is 15.1. The summed E-state index contributed by atoms with van der Waals surface area (Å²) in [4.78, 5) is 27.3. The van der Waals surface area contributed by atoms with Crippen molar-refractivity contribution in [1.29, 1.82) is 0 Å². The Labute approximate surface area is 183 Å². The quantitative estimate of drug-likeness (QED) is 0.624.